The maximum absolute atomic E-state index is 2.23. The van der Waals surface area contributed by atoms with Crippen molar-refractivity contribution in [2.45, 2.75) is 6.92 Å². The second-order valence-corrected chi connectivity index (χ2v) is 4.85. The van der Waals surface area contributed by atoms with E-state index >= 15 is 0 Å². The van der Waals surface area contributed by atoms with Crippen molar-refractivity contribution in [3.8, 4) is 0 Å². The maximum Gasteiger partial charge on any atom is 0.0114 e. The van der Waals surface area contributed by atoms with Crippen LogP contribution >= 0.6 is 16.8 Å². The highest BCUT2D eigenvalue weighted by molar-refractivity contribution is 7.87. The van der Waals surface area contributed by atoms with Gasteiger partial charge in [0.05, 0.1) is 0 Å². The Morgan fingerprint density at radius 3 is 2.40 bits per heavy atom. The van der Waals surface area contributed by atoms with Crippen LogP contribution in [0.15, 0.2) is 0 Å². The highest BCUT2D eigenvalue weighted by Crippen LogP contribution is 2.34. The minimum atomic E-state index is 1.20. The Labute approximate surface area is 35.6 Å². The van der Waals surface area contributed by atoms with Crippen LogP contribution in [0.4, 0.5) is 0 Å². The zero-order valence-corrected chi connectivity index (χ0v) is 5.05. The Morgan fingerprint density at radius 2 is 2.40 bits per heavy atom. The molecule has 0 fully saturated rings. The van der Waals surface area contributed by atoms with Crippen LogP contribution in [0.25, 0.3) is 0 Å². The Hall–Kier alpha value is 0.600. The van der Waals surface area contributed by atoms with Crippen molar-refractivity contribution in [1.82, 2.24) is 0 Å². The molecule has 0 aromatic rings. The topological polar surface area (TPSA) is 0 Å². The fourth-order valence-corrected chi connectivity index (χ4v) is 2.13. The van der Waals surface area contributed by atoms with Gasteiger partial charge in [0, 0.05) is 5.90 Å². The zero-order chi connectivity index (χ0) is 3.70. The molecule has 1 heterocycles. The lowest BCUT2D eigenvalue weighted by Crippen LogP contribution is -1.82. The predicted octanol–water partition coefficient (Wildman–Crippen LogP) is 1.73. The van der Waals surface area contributed by atoms with E-state index in [4.69, 9.17) is 0 Å². The molecule has 1 unspecified atom stereocenters. The SMILES string of the molecule is CC1=PCP1. The van der Waals surface area contributed by atoms with Gasteiger partial charge in [0.1, 0.15) is 0 Å². The van der Waals surface area contributed by atoms with Crippen LogP contribution in [0.5, 0.6) is 0 Å². The Morgan fingerprint density at radius 1 is 2.00 bits per heavy atom. The lowest BCUT2D eigenvalue weighted by Gasteiger charge is -2.04. The first-order valence-electron chi connectivity index (χ1n) is 1.64. The van der Waals surface area contributed by atoms with E-state index in [0.29, 0.717) is 0 Å². The van der Waals surface area contributed by atoms with Gasteiger partial charge in [0.25, 0.3) is 0 Å². The lowest BCUT2D eigenvalue weighted by atomic mass is 11.0. The quantitative estimate of drug-likeness (QED) is 0.410. The van der Waals surface area contributed by atoms with Crippen LogP contribution in [0.2, 0.25) is 0 Å². The number of hydrogen-bond donors (Lipinski definition) is 0. The molecule has 1 aliphatic heterocycles. The highest BCUT2D eigenvalue weighted by Gasteiger charge is 1.95. The van der Waals surface area contributed by atoms with E-state index in [0.717, 1.165) is 0 Å². The van der Waals surface area contributed by atoms with Gasteiger partial charge in [-0.25, -0.2) is 0 Å². The van der Waals surface area contributed by atoms with Crippen molar-refractivity contribution in [3.05, 3.63) is 0 Å². The third-order valence-electron chi connectivity index (χ3n) is 0.651. The van der Waals surface area contributed by atoms with Crippen LogP contribution in [0.1, 0.15) is 6.92 Å². The van der Waals surface area contributed by atoms with Crippen LogP contribution in [-0.2, 0) is 0 Å². The van der Waals surface area contributed by atoms with Crippen LogP contribution < -0.4 is 0 Å². The summed E-state index contributed by atoms with van der Waals surface area (Å²) in [5.74, 6) is 1.45. The van der Waals surface area contributed by atoms with Crippen molar-refractivity contribution in [3.63, 3.8) is 0 Å². The first kappa shape index (κ1) is 3.78. The average Bonchev–Trinajstić information content (AvgIpc) is 1.30. The van der Waals surface area contributed by atoms with E-state index in [1.807, 2.05) is 0 Å². The molecular weight excluding hydrogens is 98.0 g/mol. The number of rotatable bonds is 0. The molecule has 0 aliphatic carbocycles. The first-order chi connectivity index (χ1) is 2.39. The molecule has 5 heavy (non-hydrogen) atoms. The van der Waals surface area contributed by atoms with E-state index in [-0.39, 0.29) is 0 Å². The molecule has 0 saturated heterocycles. The smallest absolute Gasteiger partial charge is 0.0114 e. The molecule has 0 radical (unpaired) electrons. The Balaban J connectivity index is 2.51. The summed E-state index contributed by atoms with van der Waals surface area (Å²) in [6.45, 7) is 2.23. The van der Waals surface area contributed by atoms with Crippen molar-refractivity contribution >= 4 is 21.8 Å². The van der Waals surface area contributed by atoms with Gasteiger partial charge in [0.2, 0.25) is 0 Å². The fourth-order valence-electron chi connectivity index (χ4n) is 0.237. The van der Waals surface area contributed by atoms with Crippen molar-refractivity contribution in [2.75, 3.05) is 5.90 Å². The van der Waals surface area contributed by atoms with Gasteiger partial charge < -0.3 is 0 Å². The fraction of sp³-hybridized carbons (Fsp3) is 0.667. The summed E-state index contributed by atoms with van der Waals surface area (Å²) >= 11 is 0. The predicted molar refractivity (Wildman–Crippen MR) is 30.8 cm³/mol. The molecule has 0 spiro atoms. The van der Waals surface area contributed by atoms with E-state index in [1.54, 1.807) is 13.2 Å². The second kappa shape index (κ2) is 1.37. The van der Waals surface area contributed by atoms with Crippen molar-refractivity contribution < 1.29 is 0 Å². The van der Waals surface area contributed by atoms with Gasteiger partial charge in [-0.1, -0.05) is 16.8 Å². The van der Waals surface area contributed by atoms with E-state index < -0.39 is 0 Å². The average molecular weight is 104 g/mol. The van der Waals surface area contributed by atoms with E-state index in [1.165, 1.54) is 14.5 Å². The molecule has 0 nitrogen and oxygen atoms in total. The van der Waals surface area contributed by atoms with Gasteiger partial charge in [-0.05, 0) is 12.0 Å². The molecule has 2 heteroatoms. The Kier molecular flexibility index (Phi) is 1.03. The molecule has 0 aromatic carbocycles. The van der Waals surface area contributed by atoms with Crippen LogP contribution in [0, 0.1) is 0 Å². The molecular formula is C3H6P2. The van der Waals surface area contributed by atoms with E-state index in [9.17, 15) is 0 Å². The standard InChI is InChI=1S/C3H6P2/c1-3-4-2-5-3/h4H,2H2,1H3. The highest BCUT2D eigenvalue weighted by atomic mass is 31.2. The zero-order valence-electron chi connectivity index (χ0n) is 3.15. The van der Waals surface area contributed by atoms with Gasteiger partial charge >= 0.3 is 0 Å². The summed E-state index contributed by atoms with van der Waals surface area (Å²) in [4.78, 5) is 0. The molecule has 0 saturated carbocycles. The summed E-state index contributed by atoms with van der Waals surface area (Å²) in [6.07, 6.45) is 0. The third kappa shape index (κ3) is 0.714. The normalized spacial score (nSPS) is 28.6. The largest absolute Gasteiger partial charge is 0.0963 e. The molecule has 1 atom stereocenters. The summed E-state index contributed by atoms with van der Waals surface area (Å²) < 4.78 is 0. The summed E-state index contributed by atoms with van der Waals surface area (Å²) in [5.41, 5.74) is 0. The van der Waals surface area contributed by atoms with Crippen molar-refractivity contribution in [1.29, 1.82) is 0 Å². The summed E-state index contributed by atoms with van der Waals surface area (Å²) in [6, 6.07) is 0. The second-order valence-electron chi connectivity index (χ2n) is 1.08. The van der Waals surface area contributed by atoms with Gasteiger partial charge in [-0.15, -0.1) is 0 Å². The maximum atomic E-state index is 2.23. The van der Waals surface area contributed by atoms with Crippen LogP contribution in [-0.4, -0.2) is 10.9 Å². The third-order valence-corrected chi connectivity index (χ3v) is 3.85. The van der Waals surface area contributed by atoms with Gasteiger partial charge in [-0.3, -0.25) is 0 Å². The molecule has 0 bridgehead atoms. The summed E-state index contributed by atoms with van der Waals surface area (Å²) in [5, 5.41) is 1.69. The molecule has 0 aromatic heterocycles. The minimum Gasteiger partial charge on any atom is -0.0963 e. The Bertz CT molecular complexity index is 65.3. The van der Waals surface area contributed by atoms with E-state index in [2.05, 4.69) is 6.92 Å². The molecule has 1 aliphatic rings. The lowest BCUT2D eigenvalue weighted by molar-refractivity contribution is 2.05. The molecule has 28 valence electrons. The van der Waals surface area contributed by atoms with Gasteiger partial charge in [-0.2, -0.15) is 0 Å². The molecule has 0 N–H and O–H groups in total. The first-order valence-corrected chi connectivity index (χ1v) is 3.93. The molecule has 1 rings (SSSR count). The van der Waals surface area contributed by atoms with Gasteiger partial charge in [0.15, 0.2) is 0 Å². The minimum absolute atomic E-state index is 1.20. The molecule has 0 amide bonds. The monoisotopic (exact) mass is 104 g/mol. The summed E-state index contributed by atoms with van der Waals surface area (Å²) in [7, 11) is 2.81. The van der Waals surface area contributed by atoms with Crippen molar-refractivity contribution in [2.24, 2.45) is 0 Å². The number of hydrogen-bond acceptors (Lipinski definition) is 0. The van der Waals surface area contributed by atoms with Crippen LogP contribution in [0.3, 0.4) is 0 Å².